The lowest BCUT2D eigenvalue weighted by Crippen LogP contribution is -2.32. The second kappa shape index (κ2) is 7.35. The normalized spacial score (nSPS) is 15.1. The molecule has 1 N–H and O–H groups in total. The molecule has 1 aliphatic heterocycles. The smallest absolute Gasteiger partial charge is 0.189 e. The summed E-state index contributed by atoms with van der Waals surface area (Å²) in [4.78, 5) is 12.6. The van der Waals surface area contributed by atoms with E-state index in [-0.39, 0.29) is 22.7 Å². The van der Waals surface area contributed by atoms with Crippen LogP contribution in [0.3, 0.4) is 0 Å². The van der Waals surface area contributed by atoms with E-state index in [2.05, 4.69) is 0 Å². The van der Waals surface area contributed by atoms with Gasteiger partial charge in [0.25, 0.3) is 0 Å². The van der Waals surface area contributed by atoms with Gasteiger partial charge in [-0.15, -0.1) is 0 Å². The third-order valence-corrected chi connectivity index (χ3v) is 4.67. The van der Waals surface area contributed by atoms with Gasteiger partial charge in [-0.25, -0.2) is 0 Å². The monoisotopic (exact) mass is 368 g/mol. The average Bonchev–Trinajstić information content (AvgIpc) is 2.64. The van der Waals surface area contributed by atoms with Crippen LogP contribution >= 0.6 is 0 Å². The number of phenols is 1. The summed E-state index contributed by atoms with van der Waals surface area (Å²) in [5, 5.41) is 10.3. The number of ether oxygens (including phenoxy) is 3. The lowest BCUT2D eigenvalue weighted by Gasteiger charge is -2.32. The van der Waals surface area contributed by atoms with Crippen LogP contribution in [0, 0.1) is 0 Å². The Kier molecular flexibility index (Phi) is 5.13. The Morgan fingerprint density at radius 2 is 2.00 bits per heavy atom. The SMILES string of the molecule is COc1cccc(/C=C/C(=O)c2cc3c(cc2O)OC(C)(C)CC3)c1OC. The van der Waals surface area contributed by atoms with Gasteiger partial charge in [-0.3, -0.25) is 4.79 Å². The number of allylic oxidation sites excluding steroid dienone is 1. The zero-order valence-electron chi connectivity index (χ0n) is 16.0. The van der Waals surface area contributed by atoms with Crippen molar-refractivity contribution in [2.75, 3.05) is 14.2 Å². The molecule has 1 aliphatic rings. The molecule has 0 aromatic heterocycles. The highest BCUT2D eigenvalue weighted by atomic mass is 16.5. The maximum absolute atomic E-state index is 12.6. The number of fused-ring (bicyclic) bond motifs is 1. The summed E-state index contributed by atoms with van der Waals surface area (Å²) in [6, 6.07) is 8.68. The first-order chi connectivity index (χ1) is 12.8. The number of benzene rings is 2. The van der Waals surface area contributed by atoms with E-state index in [1.807, 2.05) is 26.0 Å². The number of carbonyl (C=O) groups excluding carboxylic acids is 1. The maximum Gasteiger partial charge on any atom is 0.189 e. The van der Waals surface area contributed by atoms with Crippen molar-refractivity contribution in [3.8, 4) is 23.0 Å². The number of carbonyl (C=O) groups is 1. The van der Waals surface area contributed by atoms with Gasteiger partial charge in [-0.1, -0.05) is 12.1 Å². The predicted octanol–water partition coefficient (Wildman–Crippen LogP) is 4.41. The largest absolute Gasteiger partial charge is 0.507 e. The minimum Gasteiger partial charge on any atom is -0.507 e. The second-order valence-corrected chi connectivity index (χ2v) is 7.12. The molecule has 1 heterocycles. The van der Waals surface area contributed by atoms with Crippen LogP contribution < -0.4 is 14.2 Å². The predicted molar refractivity (Wildman–Crippen MR) is 104 cm³/mol. The summed E-state index contributed by atoms with van der Waals surface area (Å²) in [5.41, 5.74) is 1.64. The van der Waals surface area contributed by atoms with E-state index in [0.29, 0.717) is 22.8 Å². The first kappa shape index (κ1) is 18.8. The van der Waals surface area contributed by atoms with Crippen molar-refractivity contribution in [1.29, 1.82) is 0 Å². The third kappa shape index (κ3) is 3.92. The van der Waals surface area contributed by atoms with Crippen LogP contribution in [0.5, 0.6) is 23.0 Å². The Balaban J connectivity index is 1.88. The molecule has 0 saturated heterocycles. The fraction of sp³-hybridized carbons (Fsp3) is 0.318. The molecule has 0 radical (unpaired) electrons. The number of rotatable bonds is 5. The number of hydrogen-bond donors (Lipinski definition) is 1. The van der Waals surface area contributed by atoms with Crippen LogP contribution in [0.25, 0.3) is 6.08 Å². The van der Waals surface area contributed by atoms with Gasteiger partial charge in [0.05, 0.1) is 19.8 Å². The summed E-state index contributed by atoms with van der Waals surface area (Å²) < 4.78 is 16.5. The third-order valence-electron chi connectivity index (χ3n) is 4.67. The molecular formula is C22H24O5. The minimum atomic E-state index is -0.287. The fourth-order valence-electron chi connectivity index (χ4n) is 3.18. The van der Waals surface area contributed by atoms with Gasteiger partial charge >= 0.3 is 0 Å². The van der Waals surface area contributed by atoms with Gasteiger partial charge in [-0.2, -0.15) is 0 Å². The zero-order valence-corrected chi connectivity index (χ0v) is 16.0. The van der Waals surface area contributed by atoms with Crippen LogP contribution in [0.15, 0.2) is 36.4 Å². The Bertz CT molecular complexity index is 896. The molecule has 3 rings (SSSR count). The van der Waals surface area contributed by atoms with Crippen molar-refractivity contribution in [1.82, 2.24) is 0 Å². The first-order valence-electron chi connectivity index (χ1n) is 8.83. The van der Waals surface area contributed by atoms with E-state index in [4.69, 9.17) is 14.2 Å². The molecule has 0 bridgehead atoms. The second-order valence-electron chi connectivity index (χ2n) is 7.12. The van der Waals surface area contributed by atoms with E-state index < -0.39 is 0 Å². The molecule has 0 unspecified atom stereocenters. The highest BCUT2D eigenvalue weighted by Gasteiger charge is 2.28. The highest BCUT2D eigenvalue weighted by molar-refractivity contribution is 6.09. The van der Waals surface area contributed by atoms with Crippen LogP contribution in [0.1, 0.15) is 41.8 Å². The van der Waals surface area contributed by atoms with Crippen molar-refractivity contribution in [2.45, 2.75) is 32.3 Å². The van der Waals surface area contributed by atoms with E-state index in [9.17, 15) is 9.90 Å². The molecule has 0 saturated carbocycles. The quantitative estimate of drug-likeness (QED) is 0.626. The number of ketones is 1. The number of para-hydroxylation sites is 1. The molecule has 0 fully saturated rings. The van der Waals surface area contributed by atoms with Crippen LogP contribution in [-0.4, -0.2) is 30.7 Å². The lowest BCUT2D eigenvalue weighted by molar-refractivity contribution is 0.0842. The van der Waals surface area contributed by atoms with Crippen molar-refractivity contribution in [3.63, 3.8) is 0 Å². The van der Waals surface area contributed by atoms with Crippen molar-refractivity contribution >= 4 is 11.9 Å². The fourth-order valence-corrected chi connectivity index (χ4v) is 3.18. The van der Waals surface area contributed by atoms with Gasteiger partial charge in [-0.05, 0) is 56.5 Å². The van der Waals surface area contributed by atoms with Crippen molar-refractivity contribution < 1.29 is 24.1 Å². The molecule has 0 spiro atoms. The molecule has 0 atom stereocenters. The summed E-state index contributed by atoms with van der Waals surface area (Å²) >= 11 is 0. The Hall–Kier alpha value is -2.95. The van der Waals surface area contributed by atoms with E-state index in [0.717, 1.165) is 18.4 Å². The van der Waals surface area contributed by atoms with Gasteiger partial charge < -0.3 is 19.3 Å². The molecule has 0 aliphatic carbocycles. The van der Waals surface area contributed by atoms with Gasteiger partial charge in [0, 0.05) is 11.6 Å². The van der Waals surface area contributed by atoms with Crippen LogP contribution in [0.2, 0.25) is 0 Å². The van der Waals surface area contributed by atoms with Crippen LogP contribution in [0.4, 0.5) is 0 Å². The van der Waals surface area contributed by atoms with Crippen LogP contribution in [-0.2, 0) is 6.42 Å². The number of aryl methyl sites for hydroxylation is 1. The van der Waals surface area contributed by atoms with E-state index >= 15 is 0 Å². The number of methoxy groups -OCH3 is 2. The average molecular weight is 368 g/mol. The Morgan fingerprint density at radius 1 is 1.22 bits per heavy atom. The van der Waals surface area contributed by atoms with Crippen molar-refractivity contribution in [2.24, 2.45) is 0 Å². The molecule has 2 aromatic rings. The molecule has 5 nitrogen and oxygen atoms in total. The lowest BCUT2D eigenvalue weighted by atomic mass is 9.92. The van der Waals surface area contributed by atoms with E-state index in [1.54, 1.807) is 32.4 Å². The number of phenolic OH excluding ortho intramolecular Hbond substituents is 1. The Morgan fingerprint density at radius 3 is 2.70 bits per heavy atom. The van der Waals surface area contributed by atoms with Gasteiger partial charge in [0.2, 0.25) is 0 Å². The Labute approximate surface area is 159 Å². The molecule has 27 heavy (non-hydrogen) atoms. The number of aromatic hydroxyl groups is 1. The first-order valence-corrected chi connectivity index (χ1v) is 8.83. The number of hydrogen-bond acceptors (Lipinski definition) is 5. The maximum atomic E-state index is 12.6. The molecule has 5 heteroatoms. The van der Waals surface area contributed by atoms with Gasteiger partial charge in [0.1, 0.15) is 17.1 Å². The van der Waals surface area contributed by atoms with Crippen molar-refractivity contribution in [3.05, 3.63) is 53.1 Å². The summed E-state index contributed by atoms with van der Waals surface area (Å²) in [6.07, 6.45) is 4.74. The molecule has 142 valence electrons. The van der Waals surface area contributed by atoms with E-state index in [1.165, 1.54) is 12.1 Å². The molecular weight excluding hydrogens is 344 g/mol. The topological polar surface area (TPSA) is 65.0 Å². The summed E-state index contributed by atoms with van der Waals surface area (Å²) in [7, 11) is 3.11. The zero-order chi connectivity index (χ0) is 19.6. The minimum absolute atomic E-state index is 0.0845. The molecule has 2 aromatic carbocycles. The summed E-state index contributed by atoms with van der Waals surface area (Å²) in [5.74, 6) is 1.40. The highest BCUT2D eigenvalue weighted by Crippen LogP contribution is 2.37. The summed E-state index contributed by atoms with van der Waals surface area (Å²) in [6.45, 7) is 4.02. The van der Waals surface area contributed by atoms with Gasteiger partial charge in [0.15, 0.2) is 17.3 Å². The molecule has 0 amide bonds. The standard InChI is InChI=1S/C22H24O5/c1-22(2)11-10-15-12-16(18(24)13-20(15)27-22)17(23)9-8-14-6-5-7-19(25-3)21(14)26-4/h5-9,12-13,24H,10-11H2,1-4H3/b9-8+.